The Morgan fingerprint density at radius 2 is 1.87 bits per heavy atom. The molecule has 0 unspecified atom stereocenters. The van der Waals surface area contributed by atoms with Crippen LogP contribution in [0.2, 0.25) is 0 Å². The summed E-state index contributed by atoms with van der Waals surface area (Å²) in [4.78, 5) is 12.9. The number of nitrogens with one attached hydrogen (secondary N) is 1. The molecule has 0 saturated heterocycles. The van der Waals surface area contributed by atoms with E-state index in [1.807, 2.05) is 40.7 Å². The summed E-state index contributed by atoms with van der Waals surface area (Å²) < 4.78 is 12.5. The number of carbonyl (C=O) groups excluding carboxylic acids is 1. The van der Waals surface area contributed by atoms with Gasteiger partial charge in [0.15, 0.2) is 11.5 Å². The molecule has 2 aromatic carbocycles. The van der Waals surface area contributed by atoms with Crippen LogP contribution in [0.25, 0.3) is 5.69 Å². The van der Waals surface area contributed by atoms with Gasteiger partial charge in [0.2, 0.25) is 5.91 Å². The Hall–Kier alpha value is -2.93. The van der Waals surface area contributed by atoms with E-state index in [9.17, 15) is 4.79 Å². The summed E-state index contributed by atoms with van der Waals surface area (Å²) in [5, 5.41) is 7.90. The summed E-state index contributed by atoms with van der Waals surface area (Å²) in [5.74, 6) is 3.65. The highest BCUT2D eigenvalue weighted by atomic mass is 32.2. The molecule has 0 bridgehead atoms. The molecule has 3 aromatic rings. The molecular weight excluding hydrogens is 398 g/mol. The Balaban J connectivity index is 1.61. The predicted molar refractivity (Wildman–Crippen MR) is 120 cm³/mol. The highest BCUT2D eigenvalue weighted by Gasteiger charge is 2.25. The van der Waals surface area contributed by atoms with Gasteiger partial charge in [-0.15, -0.1) is 0 Å². The molecule has 1 N–H and O–H groups in total. The Morgan fingerprint density at radius 3 is 2.60 bits per heavy atom. The van der Waals surface area contributed by atoms with E-state index in [0.29, 0.717) is 11.5 Å². The number of thioether (sulfide) groups is 1. The fraction of sp³-hybridized carbons (Fsp3) is 0.304. The summed E-state index contributed by atoms with van der Waals surface area (Å²) in [6, 6.07) is 11.8. The fourth-order valence-corrected chi connectivity index (χ4v) is 4.57. The van der Waals surface area contributed by atoms with Gasteiger partial charge in [-0.1, -0.05) is 12.1 Å². The van der Waals surface area contributed by atoms with Crippen LogP contribution in [0.5, 0.6) is 11.5 Å². The second-order valence-corrected chi connectivity index (χ2v) is 8.35. The molecule has 30 heavy (non-hydrogen) atoms. The van der Waals surface area contributed by atoms with Crippen molar-refractivity contribution in [3.8, 4) is 17.2 Å². The molecule has 6 nitrogen and oxygen atoms in total. The van der Waals surface area contributed by atoms with Crippen LogP contribution < -0.4 is 14.8 Å². The number of nitrogens with zero attached hydrogens (tertiary/aromatic N) is 2. The lowest BCUT2D eigenvalue weighted by Gasteiger charge is -2.13. The van der Waals surface area contributed by atoms with Gasteiger partial charge >= 0.3 is 0 Å². The van der Waals surface area contributed by atoms with Crippen LogP contribution >= 0.6 is 11.8 Å². The van der Waals surface area contributed by atoms with Crippen molar-refractivity contribution < 1.29 is 14.3 Å². The molecule has 1 aromatic heterocycles. The van der Waals surface area contributed by atoms with Gasteiger partial charge < -0.3 is 14.8 Å². The quantitative estimate of drug-likeness (QED) is 0.635. The van der Waals surface area contributed by atoms with Crippen molar-refractivity contribution in [2.45, 2.75) is 31.8 Å². The zero-order valence-electron chi connectivity index (χ0n) is 17.6. The summed E-state index contributed by atoms with van der Waals surface area (Å²) in [7, 11) is 3.18. The number of amides is 1. The third-order valence-electron chi connectivity index (χ3n) is 5.36. The van der Waals surface area contributed by atoms with Crippen molar-refractivity contribution in [2.75, 3.05) is 19.5 Å². The molecule has 1 amide bonds. The minimum atomic E-state index is -0.0908. The van der Waals surface area contributed by atoms with Gasteiger partial charge in [0.25, 0.3) is 0 Å². The maximum absolute atomic E-state index is 12.9. The monoisotopic (exact) mass is 423 g/mol. The van der Waals surface area contributed by atoms with Crippen molar-refractivity contribution in [1.29, 1.82) is 0 Å². The van der Waals surface area contributed by atoms with Crippen LogP contribution in [0.15, 0.2) is 36.4 Å². The first-order valence-electron chi connectivity index (χ1n) is 9.77. The van der Waals surface area contributed by atoms with Gasteiger partial charge in [-0.25, -0.2) is 4.68 Å². The van der Waals surface area contributed by atoms with E-state index < -0.39 is 0 Å². The highest BCUT2D eigenvalue weighted by molar-refractivity contribution is 7.98. The molecule has 7 heteroatoms. The smallest absolute Gasteiger partial charge is 0.229 e. The summed E-state index contributed by atoms with van der Waals surface area (Å²) in [5.41, 5.74) is 6.39. The number of ether oxygens (including phenoxy) is 2. The molecule has 0 saturated carbocycles. The number of fused-ring (bicyclic) bond motifs is 1. The van der Waals surface area contributed by atoms with Crippen LogP contribution in [-0.4, -0.2) is 29.9 Å². The van der Waals surface area contributed by atoms with Crippen LogP contribution in [0.1, 0.15) is 27.9 Å². The Kier molecular flexibility index (Phi) is 5.72. The molecule has 1 aliphatic heterocycles. The lowest BCUT2D eigenvalue weighted by molar-refractivity contribution is -0.115. The zero-order valence-corrected chi connectivity index (χ0v) is 18.4. The Bertz CT molecular complexity index is 1110. The fourth-order valence-electron chi connectivity index (χ4n) is 3.54. The standard InChI is InChI=1S/C23H25N3O3S/c1-14-5-7-17(9-15(14)2)26-23(18-12-30-13-19(18)25-26)24-22(27)11-16-6-8-20(28-3)21(10-16)29-4/h5-10H,11-13H2,1-4H3,(H,24,27). The predicted octanol–water partition coefficient (Wildman–Crippen LogP) is 4.43. The number of hydrogen-bond acceptors (Lipinski definition) is 5. The number of methoxy groups -OCH3 is 2. The molecule has 0 atom stereocenters. The van der Waals surface area contributed by atoms with Gasteiger partial charge in [-0.05, 0) is 54.8 Å². The maximum Gasteiger partial charge on any atom is 0.229 e. The second kappa shape index (κ2) is 8.44. The summed E-state index contributed by atoms with van der Waals surface area (Å²) >= 11 is 1.82. The number of anilines is 1. The summed E-state index contributed by atoms with van der Waals surface area (Å²) in [6.45, 7) is 4.17. The average molecular weight is 424 g/mol. The lowest BCUT2D eigenvalue weighted by atomic mass is 10.1. The average Bonchev–Trinajstić information content (AvgIpc) is 3.32. The van der Waals surface area contributed by atoms with Gasteiger partial charge in [0.05, 0.1) is 32.0 Å². The number of aromatic nitrogens is 2. The van der Waals surface area contributed by atoms with Crippen LogP contribution in [-0.2, 0) is 22.7 Å². The van der Waals surface area contributed by atoms with E-state index in [2.05, 4.69) is 31.3 Å². The van der Waals surface area contributed by atoms with Gasteiger partial charge in [0.1, 0.15) is 5.82 Å². The largest absolute Gasteiger partial charge is 0.493 e. The van der Waals surface area contributed by atoms with E-state index in [4.69, 9.17) is 14.6 Å². The molecule has 0 spiro atoms. The van der Waals surface area contributed by atoms with E-state index in [1.54, 1.807) is 14.2 Å². The van der Waals surface area contributed by atoms with Crippen molar-refractivity contribution in [3.05, 3.63) is 64.3 Å². The van der Waals surface area contributed by atoms with Crippen LogP contribution in [0, 0.1) is 13.8 Å². The van der Waals surface area contributed by atoms with E-state index in [-0.39, 0.29) is 12.3 Å². The number of hydrogen-bond donors (Lipinski definition) is 1. The Labute approximate surface area is 180 Å². The van der Waals surface area contributed by atoms with Crippen molar-refractivity contribution in [1.82, 2.24) is 9.78 Å². The van der Waals surface area contributed by atoms with Crippen LogP contribution in [0.3, 0.4) is 0 Å². The van der Waals surface area contributed by atoms with Crippen molar-refractivity contribution in [2.24, 2.45) is 0 Å². The number of carbonyl (C=O) groups is 1. The van der Waals surface area contributed by atoms with Gasteiger partial charge in [-0.2, -0.15) is 16.9 Å². The Morgan fingerprint density at radius 1 is 1.07 bits per heavy atom. The van der Waals surface area contributed by atoms with Gasteiger partial charge in [0, 0.05) is 17.1 Å². The molecule has 2 heterocycles. The van der Waals surface area contributed by atoms with E-state index >= 15 is 0 Å². The lowest BCUT2D eigenvalue weighted by Crippen LogP contribution is -2.18. The molecule has 4 rings (SSSR count). The molecule has 0 aliphatic carbocycles. The van der Waals surface area contributed by atoms with E-state index in [0.717, 1.165) is 39.8 Å². The normalized spacial score (nSPS) is 12.5. The summed E-state index contributed by atoms with van der Waals surface area (Å²) in [6.07, 6.45) is 0.236. The number of rotatable bonds is 6. The topological polar surface area (TPSA) is 65.4 Å². The third kappa shape index (κ3) is 3.89. The van der Waals surface area contributed by atoms with E-state index in [1.165, 1.54) is 11.1 Å². The molecule has 0 fully saturated rings. The van der Waals surface area contributed by atoms with Crippen molar-refractivity contribution in [3.63, 3.8) is 0 Å². The second-order valence-electron chi connectivity index (χ2n) is 7.36. The molecule has 0 radical (unpaired) electrons. The number of aryl methyl sites for hydroxylation is 2. The minimum Gasteiger partial charge on any atom is -0.493 e. The number of benzene rings is 2. The molecular formula is C23H25N3O3S. The first-order chi connectivity index (χ1) is 14.5. The SMILES string of the molecule is COc1ccc(CC(=O)Nc2c3c(nn2-c2ccc(C)c(C)c2)CSC3)cc1OC. The first-order valence-corrected chi connectivity index (χ1v) is 10.9. The third-order valence-corrected chi connectivity index (χ3v) is 6.33. The highest BCUT2D eigenvalue weighted by Crippen LogP contribution is 2.36. The molecule has 1 aliphatic rings. The van der Waals surface area contributed by atoms with Gasteiger partial charge in [-0.3, -0.25) is 4.79 Å². The van der Waals surface area contributed by atoms with Crippen molar-refractivity contribution >= 4 is 23.5 Å². The first kappa shape index (κ1) is 20.3. The maximum atomic E-state index is 12.9. The minimum absolute atomic E-state index is 0.0908. The zero-order chi connectivity index (χ0) is 21.3. The van der Waals surface area contributed by atoms with Crippen LogP contribution in [0.4, 0.5) is 5.82 Å². The molecule has 156 valence electrons.